The molecule has 4 atom stereocenters. The van der Waals surface area contributed by atoms with Crippen LogP contribution in [-0.2, 0) is 15.0 Å². The van der Waals surface area contributed by atoms with E-state index in [4.69, 9.17) is 9.47 Å². The minimum absolute atomic E-state index is 0.0974. The van der Waals surface area contributed by atoms with Crippen molar-refractivity contribution in [3.8, 4) is 11.5 Å². The molecule has 1 saturated heterocycles. The van der Waals surface area contributed by atoms with E-state index in [1.54, 1.807) is 18.2 Å². The Hall–Kier alpha value is -4.39. The number of hydrogen-bond donors (Lipinski definition) is 1. The number of carbonyl (C=O) groups excluding carboxylic acids is 3. The number of benzene rings is 3. The average molecular weight is 565 g/mol. The minimum atomic E-state index is -1.35. The molecule has 7 heteroatoms. The van der Waals surface area contributed by atoms with E-state index in [0.717, 1.165) is 28.0 Å². The van der Waals surface area contributed by atoms with E-state index in [9.17, 15) is 14.4 Å². The molecule has 1 fully saturated rings. The molecular weight excluding hydrogens is 528 g/mol. The third kappa shape index (κ3) is 3.75. The first-order valence-corrected chi connectivity index (χ1v) is 14.2. The Morgan fingerprint density at radius 2 is 1.64 bits per heavy atom. The fourth-order valence-electron chi connectivity index (χ4n) is 7.16. The molecule has 3 aromatic rings. The summed E-state index contributed by atoms with van der Waals surface area (Å²) in [7, 11) is 3.05. The molecule has 3 aliphatic heterocycles. The number of fused-ring (bicyclic) bond motifs is 6. The molecule has 0 aliphatic carbocycles. The summed E-state index contributed by atoms with van der Waals surface area (Å²) in [6.07, 6.45) is 2.08. The van der Waals surface area contributed by atoms with Gasteiger partial charge in [-0.3, -0.25) is 14.4 Å². The molecule has 0 unspecified atom stereocenters. The van der Waals surface area contributed by atoms with E-state index in [-0.39, 0.29) is 17.5 Å². The second-order valence-corrected chi connectivity index (χ2v) is 12.6. The quantitative estimate of drug-likeness (QED) is 0.383. The van der Waals surface area contributed by atoms with Gasteiger partial charge in [-0.1, -0.05) is 56.7 Å². The molecule has 0 bridgehead atoms. The topological polar surface area (TPSA) is 84.9 Å². The Bertz CT molecular complexity index is 1680. The monoisotopic (exact) mass is 564 g/mol. The molecule has 1 spiro atoms. The van der Waals surface area contributed by atoms with E-state index in [1.165, 1.54) is 14.2 Å². The first kappa shape index (κ1) is 27.8. The molecule has 6 rings (SSSR count). The van der Waals surface area contributed by atoms with Gasteiger partial charge in [0.15, 0.2) is 23.1 Å². The van der Waals surface area contributed by atoms with Gasteiger partial charge < -0.3 is 19.7 Å². The van der Waals surface area contributed by atoms with Gasteiger partial charge in [-0.2, -0.15) is 0 Å². The van der Waals surface area contributed by atoms with Gasteiger partial charge in [0, 0.05) is 27.9 Å². The number of rotatable bonds is 5. The highest BCUT2D eigenvalue weighted by Gasteiger charge is 2.71. The molecule has 7 nitrogen and oxygen atoms in total. The van der Waals surface area contributed by atoms with Crippen molar-refractivity contribution < 1.29 is 23.9 Å². The van der Waals surface area contributed by atoms with Crippen molar-refractivity contribution >= 4 is 34.4 Å². The number of ketones is 2. The number of allylic oxidation sites excluding steroid dienone is 1. The van der Waals surface area contributed by atoms with Crippen LogP contribution in [0.5, 0.6) is 11.5 Å². The molecule has 216 valence electrons. The van der Waals surface area contributed by atoms with Crippen molar-refractivity contribution in [2.45, 2.75) is 52.1 Å². The van der Waals surface area contributed by atoms with Crippen LogP contribution in [0.3, 0.4) is 0 Å². The summed E-state index contributed by atoms with van der Waals surface area (Å²) in [5.41, 5.74) is 3.56. The van der Waals surface area contributed by atoms with Crippen LogP contribution in [0, 0.1) is 18.3 Å². The summed E-state index contributed by atoms with van der Waals surface area (Å²) < 4.78 is 11.0. The molecule has 3 aliphatic rings. The first-order chi connectivity index (χ1) is 19.9. The van der Waals surface area contributed by atoms with Crippen LogP contribution < -0.4 is 19.7 Å². The summed E-state index contributed by atoms with van der Waals surface area (Å²) in [6.45, 7) is 9.68. The van der Waals surface area contributed by atoms with E-state index in [0.29, 0.717) is 22.7 Å². The number of carbonyl (C=O) groups is 3. The number of anilines is 2. The van der Waals surface area contributed by atoms with E-state index in [2.05, 4.69) is 22.4 Å². The van der Waals surface area contributed by atoms with Crippen molar-refractivity contribution in [3.63, 3.8) is 0 Å². The number of para-hydroxylation sites is 1. The normalized spacial score (nSPS) is 24.0. The predicted molar refractivity (Wildman–Crippen MR) is 163 cm³/mol. The molecule has 3 aromatic carbocycles. The number of hydrogen-bond acceptors (Lipinski definition) is 6. The molecule has 0 radical (unpaired) electrons. The average Bonchev–Trinajstić information content (AvgIpc) is 3.43. The highest BCUT2D eigenvalue weighted by Crippen LogP contribution is 2.59. The van der Waals surface area contributed by atoms with Crippen molar-refractivity contribution in [2.24, 2.45) is 11.3 Å². The maximum Gasteiger partial charge on any atom is 0.238 e. The molecule has 42 heavy (non-hydrogen) atoms. The standard InChI is InChI=1S/C35H36N2O5/c1-19-12-14-25-22(16-19)20(2)17-28-35(23-10-8-9-11-24(23)36-33(35)40)29(30(37(25)28)32(39)34(3,4)5)31(38)21-13-15-26(41-6)27(18-21)42-7/h8-18,28-30H,1-7H3,(H,36,40)/t28-,29-,30+,35-/m1/s1. The molecule has 1 N–H and O–H groups in total. The van der Waals surface area contributed by atoms with Gasteiger partial charge in [0.05, 0.1) is 26.2 Å². The van der Waals surface area contributed by atoms with Gasteiger partial charge in [0.1, 0.15) is 11.5 Å². The molecule has 1 amide bonds. The largest absolute Gasteiger partial charge is 0.493 e. The van der Waals surface area contributed by atoms with E-state index in [1.807, 2.05) is 71.0 Å². The van der Waals surface area contributed by atoms with Crippen LogP contribution in [0.1, 0.15) is 54.7 Å². The number of ether oxygens (including phenoxy) is 2. The highest BCUT2D eigenvalue weighted by atomic mass is 16.5. The number of nitrogens with one attached hydrogen (secondary N) is 1. The van der Waals surface area contributed by atoms with Crippen molar-refractivity contribution in [1.29, 1.82) is 0 Å². The second kappa shape index (κ2) is 9.58. The summed E-state index contributed by atoms with van der Waals surface area (Å²) in [4.78, 5) is 46.2. The first-order valence-electron chi connectivity index (χ1n) is 14.2. The maximum absolute atomic E-state index is 15.0. The van der Waals surface area contributed by atoms with Gasteiger partial charge >= 0.3 is 0 Å². The van der Waals surface area contributed by atoms with Crippen molar-refractivity contribution in [1.82, 2.24) is 0 Å². The molecule has 3 heterocycles. The van der Waals surface area contributed by atoms with Crippen molar-refractivity contribution in [2.75, 3.05) is 24.4 Å². The number of amides is 1. The molecular formula is C35H36N2O5. The maximum atomic E-state index is 15.0. The van der Waals surface area contributed by atoms with Crippen LogP contribution in [-0.4, -0.2) is 43.8 Å². The zero-order valence-electron chi connectivity index (χ0n) is 25.1. The number of methoxy groups -OCH3 is 2. The predicted octanol–water partition coefficient (Wildman–Crippen LogP) is 5.99. The fraction of sp³-hybridized carbons (Fsp3) is 0.343. The van der Waals surface area contributed by atoms with Crippen LogP contribution in [0.2, 0.25) is 0 Å². The lowest BCUT2D eigenvalue weighted by Crippen LogP contribution is -2.51. The van der Waals surface area contributed by atoms with Crippen LogP contribution >= 0.6 is 0 Å². The number of nitrogens with zero attached hydrogens (tertiary/aromatic N) is 1. The molecule has 0 saturated carbocycles. The molecule has 0 aromatic heterocycles. The smallest absolute Gasteiger partial charge is 0.238 e. The van der Waals surface area contributed by atoms with Gasteiger partial charge in [0.25, 0.3) is 0 Å². The third-order valence-electron chi connectivity index (χ3n) is 9.09. The van der Waals surface area contributed by atoms with Gasteiger partial charge in [-0.05, 0) is 61.4 Å². The van der Waals surface area contributed by atoms with Crippen LogP contribution in [0.4, 0.5) is 11.4 Å². The summed E-state index contributed by atoms with van der Waals surface area (Å²) >= 11 is 0. The van der Waals surface area contributed by atoms with Crippen molar-refractivity contribution in [3.05, 3.63) is 89.0 Å². The van der Waals surface area contributed by atoms with E-state index >= 15 is 0 Å². The lowest BCUT2D eigenvalue weighted by Gasteiger charge is -2.40. The highest BCUT2D eigenvalue weighted by molar-refractivity contribution is 6.17. The van der Waals surface area contributed by atoms with Gasteiger partial charge in [-0.25, -0.2) is 0 Å². The Balaban J connectivity index is 1.69. The summed E-state index contributed by atoms with van der Waals surface area (Å²) in [5.74, 6) is -0.797. The summed E-state index contributed by atoms with van der Waals surface area (Å²) in [6, 6.07) is 17.2. The van der Waals surface area contributed by atoms with Gasteiger partial charge in [-0.15, -0.1) is 0 Å². The third-order valence-corrected chi connectivity index (χ3v) is 9.09. The lowest BCUT2D eigenvalue weighted by atomic mass is 9.63. The van der Waals surface area contributed by atoms with Crippen LogP contribution in [0.15, 0.2) is 66.7 Å². The zero-order valence-corrected chi connectivity index (χ0v) is 25.1. The SMILES string of the molecule is COc1ccc(C(=O)[C@H]2[C@@H](C(=O)C(C)(C)C)N3c4ccc(C)cc4C(C)=C[C@@H]3[C@@]23C(=O)Nc2ccccc23)cc1OC. The Morgan fingerprint density at radius 3 is 2.33 bits per heavy atom. The Morgan fingerprint density at radius 1 is 0.929 bits per heavy atom. The Kier molecular flexibility index (Phi) is 6.33. The van der Waals surface area contributed by atoms with E-state index < -0.39 is 28.8 Å². The number of aryl methyl sites for hydroxylation is 1. The van der Waals surface area contributed by atoms with Gasteiger partial charge in [0.2, 0.25) is 5.91 Å². The zero-order chi connectivity index (χ0) is 30.1. The van der Waals surface area contributed by atoms with Crippen LogP contribution in [0.25, 0.3) is 5.57 Å². The Labute approximate surface area is 246 Å². The fourth-order valence-corrected chi connectivity index (χ4v) is 7.16. The lowest BCUT2D eigenvalue weighted by molar-refractivity contribution is -0.128. The summed E-state index contributed by atoms with van der Waals surface area (Å²) in [5, 5.41) is 3.08. The number of Topliss-reactive ketones (excluding diaryl/α,β-unsaturated/α-hetero) is 2. The minimum Gasteiger partial charge on any atom is -0.493 e. The second-order valence-electron chi connectivity index (χ2n) is 12.6.